The van der Waals surface area contributed by atoms with Gasteiger partial charge in [0.15, 0.2) is 0 Å². The van der Waals surface area contributed by atoms with Gasteiger partial charge in [-0.05, 0) is 26.8 Å². The van der Waals surface area contributed by atoms with E-state index in [0.717, 1.165) is 6.42 Å². The zero-order valence-corrected chi connectivity index (χ0v) is 11.3. The minimum Gasteiger partial charge on any atom is -0.480 e. The molecule has 6 nitrogen and oxygen atoms in total. The zero-order valence-electron chi connectivity index (χ0n) is 11.3. The van der Waals surface area contributed by atoms with Crippen molar-refractivity contribution in [1.82, 2.24) is 10.6 Å². The topological polar surface area (TPSA) is 98.7 Å². The third-order valence-corrected chi connectivity index (χ3v) is 3.01. The van der Waals surface area contributed by atoms with Gasteiger partial charge in [-0.2, -0.15) is 0 Å². The Morgan fingerprint density at radius 1 is 1.17 bits per heavy atom. The summed E-state index contributed by atoms with van der Waals surface area (Å²) in [7, 11) is 1.86. The fourth-order valence-electron chi connectivity index (χ4n) is 1.48. The summed E-state index contributed by atoms with van der Waals surface area (Å²) >= 11 is 0. The zero-order chi connectivity index (χ0) is 14.1. The maximum atomic E-state index is 11.8. The largest absolute Gasteiger partial charge is 0.480 e. The standard InChI is InChI=1S/C12H24N2O4/c1-8(4-5-9(2)13-3)11(16)14-10(6-7-15)12(17)18/h8-10,13,15H,4-7H2,1-3H3,(H,14,16)(H,17,18)/t8?,9-,10?/m0/s1. The van der Waals surface area contributed by atoms with Crippen LogP contribution in [0.2, 0.25) is 0 Å². The monoisotopic (exact) mass is 260 g/mol. The van der Waals surface area contributed by atoms with Crippen LogP contribution in [0.3, 0.4) is 0 Å². The lowest BCUT2D eigenvalue weighted by Crippen LogP contribution is -2.43. The van der Waals surface area contributed by atoms with Crippen molar-refractivity contribution in [2.45, 2.75) is 45.2 Å². The highest BCUT2D eigenvalue weighted by Crippen LogP contribution is 2.08. The van der Waals surface area contributed by atoms with Crippen molar-refractivity contribution in [3.05, 3.63) is 0 Å². The Kier molecular flexibility index (Phi) is 8.32. The molecule has 0 bridgehead atoms. The number of carboxylic acids is 1. The Labute approximate surface area is 108 Å². The van der Waals surface area contributed by atoms with Crippen molar-refractivity contribution in [2.24, 2.45) is 5.92 Å². The van der Waals surface area contributed by atoms with E-state index in [1.54, 1.807) is 6.92 Å². The summed E-state index contributed by atoms with van der Waals surface area (Å²) in [5, 5.41) is 23.1. The molecule has 106 valence electrons. The first-order valence-corrected chi connectivity index (χ1v) is 6.23. The molecule has 0 aromatic carbocycles. The van der Waals surface area contributed by atoms with Crippen LogP contribution in [0.15, 0.2) is 0 Å². The summed E-state index contributed by atoms with van der Waals surface area (Å²) in [6, 6.07) is -0.681. The minimum absolute atomic E-state index is 0.0285. The lowest BCUT2D eigenvalue weighted by Gasteiger charge is -2.18. The number of aliphatic carboxylic acids is 1. The molecule has 0 saturated heterocycles. The molecule has 0 radical (unpaired) electrons. The molecular weight excluding hydrogens is 236 g/mol. The van der Waals surface area contributed by atoms with Crippen LogP contribution in [0.4, 0.5) is 0 Å². The van der Waals surface area contributed by atoms with Crippen molar-refractivity contribution in [3.63, 3.8) is 0 Å². The molecule has 1 amide bonds. The molecule has 0 heterocycles. The first-order valence-electron chi connectivity index (χ1n) is 6.23. The Bertz CT molecular complexity index is 271. The Morgan fingerprint density at radius 3 is 2.22 bits per heavy atom. The van der Waals surface area contributed by atoms with Crippen molar-refractivity contribution in [2.75, 3.05) is 13.7 Å². The second kappa shape index (κ2) is 8.88. The number of hydrogen-bond acceptors (Lipinski definition) is 4. The smallest absolute Gasteiger partial charge is 0.326 e. The van der Waals surface area contributed by atoms with Gasteiger partial charge in [0, 0.05) is 25.0 Å². The van der Waals surface area contributed by atoms with E-state index in [1.165, 1.54) is 0 Å². The maximum Gasteiger partial charge on any atom is 0.326 e. The minimum atomic E-state index is -1.12. The number of nitrogens with one attached hydrogen (secondary N) is 2. The van der Waals surface area contributed by atoms with E-state index in [0.29, 0.717) is 12.5 Å². The van der Waals surface area contributed by atoms with Crippen LogP contribution in [0, 0.1) is 5.92 Å². The van der Waals surface area contributed by atoms with Crippen molar-refractivity contribution >= 4 is 11.9 Å². The molecule has 4 N–H and O–H groups in total. The van der Waals surface area contributed by atoms with Gasteiger partial charge in [0.05, 0.1) is 0 Å². The molecule has 0 spiro atoms. The highest BCUT2D eigenvalue weighted by molar-refractivity contribution is 5.84. The molecule has 6 heteroatoms. The van der Waals surface area contributed by atoms with Crippen molar-refractivity contribution in [3.8, 4) is 0 Å². The molecule has 0 rings (SSSR count). The molecule has 18 heavy (non-hydrogen) atoms. The van der Waals surface area contributed by atoms with Crippen LogP contribution in [0.1, 0.15) is 33.1 Å². The normalized spacial score (nSPS) is 15.8. The fourth-order valence-corrected chi connectivity index (χ4v) is 1.48. The first-order chi connectivity index (χ1) is 8.42. The summed E-state index contributed by atoms with van der Waals surface area (Å²) in [6.45, 7) is 3.54. The molecule has 0 aromatic heterocycles. The van der Waals surface area contributed by atoms with Crippen LogP contribution in [-0.4, -0.2) is 47.8 Å². The molecule has 2 unspecified atom stereocenters. The van der Waals surface area contributed by atoms with Gasteiger partial charge in [-0.15, -0.1) is 0 Å². The van der Waals surface area contributed by atoms with Crippen molar-refractivity contribution in [1.29, 1.82) is 0 Å². The number of aliphatic hydroxyl groups is 1. The molecule has 0 aromatic rings. The van der Waals surface area contributed by atoms with Crippen molar-refractivity contribution < 1.29 is 19.8 Å². The van der Waals surface area contributed by atoms with Gasteiger partial charge in [-0.25, -0.2) is 4.79 Å². The van der Waals surface area contributed by atoms with Gasteiger partial charge in [0.25, 0.3) is 0 Å². The van der Waals surface area contributed by atoms with Crippen LogP contribution >= 0.6 is 0 Å². The number of aliphatic hydroxyl groups excluding tert-OH is 1. The van der Waals surface area contributed by atoms with Gasteiger partial charge >= 0.3 is 5.97 Å². The Hall–Kier alpha value is -1.14. The molecule has 0 aliphatic carbocycles. The summed E-state index contributed by atoms with van der Waals surface area (Å²) in [5.74, 6) is -1.63. The molecular formula is C12H24N2O4. The maximum absolute atomic E-state index is 11.8. The number of amides is 1. The third-order valence-electron chi connectivity index (χ3n) is 3.01. The Balaban J connectivity index is 4.16. The SMILES string of the molecule is CN[C@@H](C)CCC(C)C(=O)NC(CCO)C(=O)O. The molecule has 0 aliphatic heterocycles. The average Bonchev–Trinajstić information content (AvgIpc) is 2.34. The van der Waals surface area contributed by atoms with Crippen LogP contribution in [-0.2, 0) is 9.59 Å². The first kappa shape index (κ1) is 16.9. The molecule has 0 saturated carbocycles. The van der Waals surface area contributed by atoms with Crippen LogP contribution in [0.25, 0.3) is 0 Å². The van der Waals surface area contributed by atoms with Gasteiger partial charge < -0.3 is 20.8 Å². The predicted molar refractivity (Wildman–Crippen MR) is 68.2 cm³/mol. The van der Waals surface area contributed by atoms with Crippen LogP contribution in [0.5, 0.6) is 0 Å². The van der Waals surface area contributed by atoms with Gasteiger partial charge in [-0.1, -0.05) is 6.92 Å². The lowest BCUT2D eigenvalue weighted by molar-refractivity contribution is -0.142. The Morgan fingerprint density at radius 2 is 1.78 bits per heavy atom. The molecule has 0 aliphatic rings. The average molecular weight is 260 g/mol. The summed E-state index contributed by atoms with van der Waals surface area (Å²) in [5.41, 5.74) is 0. The summed E-state index contributed by atoms with van der Waals surface area (Å²) < 4.78 is 0. The van der Waals surface area contributed by atoms with E-state index >= 15 is 0 Å². The molecule has 3 atom stereocenters. The van der Waals surface area contributed by atoms with Crippen LogP contribution < -0.4 is 10.6 Å². The van der Waals surface area contributed by atoms with Gasteiger partial charge in [0.2, 0.25) is 5.91 Å². The quantitative estimate of drug-likeness (QED) is 0.466. The number of rotatable bonds is 9. The second-order valence-corrected chi connectivity index (χ2v) is 4.58. The number of hydrogen-bond donors (Lipinski definition) is 4. The number of carbonyl (C=O) groups excluding carboxylic acids is 1. The second-order valence-electron chi connectivity index (χ2n) is 4.58. The van der Waals surface area contributed by atoms with E-state index < -0.39 is 12.0 Å². The number of carbonyl (C=O) groups is 2. The van der Waals surface area contributed by atoms with Gasteiger partial charge in [-0.3, -0.25) is 4.79 Å². The number of carboxylic acid groups (broad SMARTS) is 1. The fraction of sp³-hybridized carbons (Fsp3) is 0.833. The van der Waals surface area contributed by atoms with E-state index in [9.17, 15) is 9.59 Å². The summed E-state index contributed by atoms with van der Waals surface area (Å²) in [6.07, 6.45) is 1.57. The highest BCUT2D eigenvalue weighted by Gasteiger charge is 2.22. The highest BCUT2D eigenvalue weighted by atomic mass is 16.4. The van der Waals surface area contributed by atoms with E-state index in [1.807, 2.05) is 14.0 Å². The van der Waals surface area contributed by atoms with E-state index in [-0.39, 0.29) is 24.9 Å². The molecule has 0 fully saturated rings. The third kappa shape index (κ3) is 6.56. The summed E-state index contributed by atoms with van der Waals surface area (Å²) in [4.78, 5) is 22.6. The van der Waals surface area contributed by atoms with Gasteiger partial charge in [0.1, 0.15) is 6.04 Å². The predicted octanol–water partition coefficient (Wildman–Crippen LogP) is -0.0376. The van der Waals surface area contributed by atoms with E-state index in [4.69, 9.17) is 10.2 Å². The lowest BCUT2D eigenvalue weighted by atomic mass is 10.0. The van der Waals surface area contributed by atoms with E-state index in [2.05, 4.69) is 10.6 Å².